The molecule has 0 bridgehead atoms. The van der Waals surface area contributed by atoms with Crippen LogP contribution in [0.5, 0.6) is 0 Å². The maximum absolute atomic E-state index is 12.6. The van der Waals surface area contributed by atoms with Crippen LogP contribution < -0.4 is 5.32 Å². The summed E-state index contributed by atoms with van der Waals surface area (Å²) in [6, 6.07) is 11.6. The van der Waals surface area contributed by atoms with Gasteiger partial charge in [0.1, 0.15) is 12.7 Å². The van der Waals surface area contributed by atoms with Crippen molar-refractivity contribution in [3.8, 4) is 5.82 Å². The number of aromatic nitrogens is 4. The third-order valence-corrected chi connectivity index (χ3v) is 5.33. The summed E-state index contributed by atoms with van der Waals surface area (Å²) in [5.41, 5.74) is 3.03. The van der Waals surface area contributed by atoms with Crippen molar-refractivity contribution in [2.45, 2.75) is 19.9 Å². The Morgan fingerprint density at radius 1 is 1.03 bits per heavy atom. The molecular weight excluding hydrogens is 394 g/mol. The molecule has 1 N–H and O–H groups in total. The molecule has 31 heavy (non-hydrogen) atoms. The second kappa shape index (κ2) is 9.38. The van der Waals surface area contributed by atoms with Crippen molar-refractivity contribution in [3.63, 3.8) is 0 Å². The van der Waals surface area contributed by atoms with E-state index in [1.54, 1.807) is 22.1 Å². The molecule has 3 heterocycles. The minimum absolute atomic E-state index is 0.0942. The Morgan fingerprint density at radius 2 is 1.77 bits per heavy atom. The fourth-order valence-corrected chi connectivity index (χ4v) is 3.53. The number of carbonyl (C=O) groups excluding carboxylic acids is 2. The fourth-order valence-electron chi connectivity index (χ4n) is 3.53. The number of carbonyl (C=O) groups is 2. The second-order valence-corrected chi connectivity index (χ2v) is 7.52. The van der Waals surface area contributed by atoms with Crippen molar-refractivity contribution >= 4 is 11.9 Å². The number of nitrogens with zero attached hydrogens (tertiary/aromatic N) is 6. The van der Waals surface area contributed by atoms with Crippen molar-refractivity contribution in [1.82, 2.24) is 34.9 Å². The Kier molecular flexibility index (Phi) is 6.21. The average molecular weight is 419 g/mol. The van der Waals surface area contributed by atoms with Crippen LogP contribution in [-0.4, -0.2) is 67.7 Å². The lowest BCUT2D eigenvalue weighted by Crippen LogP contribution is -2.53. The molecule has 1 aliphatic heterocycles. The SMILES string of the molecule is Cc1ccc(CC(=O)N2CCN(C(=O)NCc3cccnc3-n3cncn3)CC2)cc1. The standard InChI is InChI=1S/C22H25N7O2/c1-17-4-6-18(7-5-17)13-20(30)27-9-11-28(12-10-27)22(31)25-14-19-3-2-8-24-21(19)29-16-23-15-26-29/h2-8,15-16H,9-14H2,1H3,(H,25,31). The summed E-state index contributed by atoms with van der Waals surface area (Å²) in [5, 5.41) is 7.05. The molecule has 9 nitrogen and oxygen atoms in total. The third kappa shape index (κ3) is 5.06. The summed E-state index contributed by atoms with van der Waals surface area (Å²) in [4.78, 5) is 37.0. The lowest BCUT2D eigenvalue weighted by molar-refractivity contribution is -0.131. The summed E-state index contributed by atoms with van der Waals surface area (Å²) >= 11 is 0. The number of aryl methyl sites for hydroxylation is 1. The molecule has 160 valence electrons. The first-order valence-corrected chi connectivity index (χ1v) is 10.2. The van der Waals surface area contributed by atoms with E-state index in [4.69, 9.17) is 0 Å². The van der Waals surface area contributed by atoms with E-state index >= 15 is 0 Å². The van der Waals surface area contributed by atoms with Crippen molar-refractivity contribution in [2.24, 2.45) is 0 Å². The number of amides is 3. The van der Waals surface area contributed by atoms with E-state index in [9.17, 15) is 9.59 Å². The van der Waals surface area contributed by atoms with Gasteiger partial charge in [-0.15, -0.1) is 0 Å². The minimum atomic E-state index is -0.154. The third-order valence-electron chi connectivity index (χ3n) is 5.33. The van der Waals surface area contributed by atoms with Gasteiger partial charge in [-0.25, -0.2) is 19.4 Å². The molecule has 0 aliphatic carbocycles. The smallest absolute Gasteiger partial charge is 0.317 e. The number of hydrogen-bond donors (Lipinski definition) is 1. The van der Waals surface area contributed by atoms with E-state index in [1.807, 2.05) is 48.2 Å². The Bertz CT molecular complexity index is 1030. The first kappa shape index (κ1) is 20.5. The summed E-state index contributed by atoms with van der Waals surface area (Å²) in [6.45, 7) is 4.45. The van der Waals surface area contributed by atoms with Crippen molar-refractivity contribution in [1.29, 1.82) is 0 Å². The number of pyridine rings is 1. The van der Waals surface area contributed by atoms with E-state index in [-0.39, 0.29) is 11.9 Å². The van der Waals surface area contributed by atoms with Crippen LogP contribution in [0.4, 0.5) is 4.79 Å². The van der Waals surface area contributed by atoms with E-state index in [1.165, 1.54) is 11.9 Å². The summed E-state index contributed by atoms with van der Waals surface area (Å²) in [6.07, 6.45) is 5.07. The molecule has 1 fully saturated rings. The zero-order valence-electron chi connectivity index (χ0n) is 17.4. The van der Waals surface area contributed by atoms with Crippen LogP contribution in [0.1, 0.15) is 16.7 Å². The maximum atomic E-state index is 12.6. The van der Waals surface area contributed by atoms with Crippen molar-refractivity contribution < 1.29 is 9.59 Å². The largest absolute Gasteiger partial charge is 0.339 e. The summed E-state index contributed by atoms with van der Waals surface area (Å²) < 4.78 is 1.57. The van der Waals surface area contributed by atoms with E-state index in [0.29, 0.717) is 45.0 Å². The van der Waals surface area contributed by atoms with Gasteiger partial charge in [-0.1, -0.05) is 35.9 Å². The molecule has 1 aliphatic rings. The van der Waals surface area contributed by atoms with Gasteiger partial charge in [-0.3, -0.25) is 4.79 Å². The Morgan fingerprint density at radius 3 is 2.48 bits per heavy atom. The predicted octanol–water partition coefficient (Wildman–Crippen LogP) is 1.57. The van der Waals surface area contributed by atoms with Gasteiger partial charge >= 0.3 is 6.03 Å². The van der Waals surface area contributed by atoms with E-state index in [2.05, 4.69) is 20.4 Å². The van der Waals surface area contributed by atoms with Gasteiger partial charge in [0.15, 0.2) is 5.82 Å². The topological polar surface area (TPSA) is 96.2 Å². The zero-order chi connectivity index (χ0) is 21.6. The lowest BCUT2D eigenvalue weighted by atomic mass is 10.1. The molecule has 9 heteroatoms. The van der Waals surface area contributed by atoms with E-state index in [0.717, 1.165) is 11.1 Å². The molecule has 3 amide bonds. The molecule has 0 unspecified atom stereocenters. The quantitative estimate of drug-likeness (QED) is 0.677. The maximum Gasteiger partial charge on any atom is 0.317 e. The first-order chi connectivity index (χ1) is 15.1. The van der Waals surface area contributed by atoms with Gasteiger partial charge in [0.2, 0.25) is 5.91 Å². The van der Waals surface area contributed by atoms with E-state index < -0.39 is 0 Å². The van der Waals surface area contributed by atoms with Crippen LogP contribution in [0.2, 0.25) is 0 Å². The highest BCUT2D eigenvalue weighted by Gasteiger charge is 2.24. The molecule has 4 rings (SSSR count). The second-order valence-electron chi connectivity index (χ2n) is 7.52. The summed E-state index contributed by atoms with van der Waals surface area (Å²) in [5.74, 6) is 0.726. The monoisotopic (exact) mass is 419 g/mol. The highest BCUT2D eigenvalue weighted by atomic mass is 16.2. The summed E-state index contributed by atoms with van der Waals surface area (Å²) in [7, 11) is 0. The molecule has 0 atom stereocenters. The van der Waals surface area contributed by atoms with Crippen molar-refractivity contribution in [3.05, 3.63) is 71.9 Å². The molecule has 3 aromatic rings. The number of benzene rings is 1. The molecule has 2 aromatic heterocycles. The molecule has 0 spiro atoms. The van der Waals surface area contributed by atoms with Gasteiger partial charge in [-0.05, 0) is 18.6 Å². The van der Waals surface area contributed by atoms with Crippen LogP contribution in [0.3, 0.4) is 0 Å². The highest BCUT2D eigenvalue weighted by Crippen LogP contribution is 2.11. The number of piperazine rings is 1. The number of rotatable bonds is 5. The van der Waals surface area contributed by atoms with Crippen LogP contribution in [0, 0.1) is 6.92 Å². The van der Waals surface area contributed by atoms with Crippen LogP contribution in [0.25, 0.3) is 5.82 Å². The predicted molar refractivity (Wildman–Crippen MR) is 114 cm³/mol. The van der Waals surface area contributed by atoms with Gasteiger partial charge in [0.05, 0.1) is 6.42 Å². The first-order valence-electron chi connectivity index (χ1n) is 10.2. The van der Waals surface area contributed by atoms with Gasteiger partial charge in [0.25, 0.3) is 0 Å². The Balaban J connectivity index is 1.27. The number of nitrogens with one attached hydrogen (secondary N) is 1. The van der Waals surface area contributed by atoms with Crippen LogP contribution in [-0.2, 0) is 17.8 Å². The molecule has 1 aromatic carbocycles. The molecule has 1 saturated heterocycles. The minimum Gasteiger partial charge on any atom is -0.339 e. The van der Waals surface area contributed by atoms with Crippen molar-refractivity contribution in [2.75, 3.05) is 26.2 Å². The van der Waals surface area contributed by atoms with Gasteiger partial charge in [-0.2, -0.15) is 5.10 Å². The van der Waals surface area contributed by atoms with Gasteiger partial charge < -0.3 is 15.1 Å². The Labute approximate surface area is 180 Å². The van der Waals surface area contributed by atoms with Crippen LogP contribution >= 0.6 is 0 Å². The molecule has 0 saturated carbocycles. The molecular formula is C22H25N7O2. The van der Waals surface area contributed by atoms with Gasteiger partial charge in [0, 0.05) is 44.5 Å². The zero-order valence-corrected chi connectivity index (χ0v) is 17.4. The average Bonchev–Trinajstić information content (AvgIpc) is 3.34. The molecule has 0 radical (unpaired) electrons. The highest BCUT2D eigenvalue weighted by molar-refractivity contribution is 5.79. The fraction of sp³-hybridized carbons (Fsp3) is 0.318. The normalized spacial score (nSPS) is 13.8. The number of hydrogen-bond acceptors (Lipinski definition) is 5. The Hall–Kier alpha value is -3.75. The van der Waals surface area contributed by atoms with Crippen LogP contribution in [0.15, 0.2) is 55.2 Å². The lowest BCUT2D eigenvalue weighted by Gasteiger charge is -2.34. The number of urea groups is 1.